The van der Waals surface area contributed by atoms with Crippen molar-refractivity contribution in [2.24, 2.45) is 0 Å². The van der Waals surface area contributed by atoms with Gasteiger partial charge in [0.05, 0.1) is 6.42 Å². The predicted molar refractivity (Wildman–Crippen MR) is 63.8 cm³/mol. The van der Waals surface area contributed by atoms with E-state index in [2.05, 4.69) is 15.8 Å². The van der Waals surface area contributed by atoms with Gasteiger partial charge >= 0.3 is 0 Å². The van der Waals surface area contributed by atoms with Gasteiger partial charge in [-0.05, 0) is 24.1 Å². The van der Waals surface area contributed by atoms with Gasteiger partial charge in [0.25, 0.3) is 0 Å². The average molecular weight is 235 g/mol. The first-order chi connectivity index (χ1) is 8.22. The number of hydrogen-bond acceptors (Lipinski definition) is 3. The van der Waals surface area contributed by atoms with Gasteiger partial charge in [-0.3, -0.25) is 25.4 Å². The highest BCUT2D eigenvalue weighted by Crippen LogP contribution is 1.96. The van der Waals surface area contributed by atoms with Crippen LogP contribution in [-0.4, -0.2) is 16.8 Å². The Hall–Kier alpha value is -1.91. The Balaban J connectivity index is 2.24. The highest BCUT2D eigenvalue weighted by atomic mass is 16.2. The monoisotopic (exact) mass is 235 g/mol. The van der Waals surface area contributed by atoms with Gasteiger partial charge < -0.3 is 0 Å². The fourth-order valence-corrected chi connectivity index (χ4v) is 1.27. The number of hydrazine groups is 1. The van der Waals surface area contributed by atoms with Gasteiger partial charge in [-0.1, -0.05) is 13.3 Å². The molecule has 0 fully saturated rings. The molecule has 0 bridgehead atoms. The molecule has 0 aliphatic heterocycles. The maximum atomic E-state index is 11.4. The van der Waals surface area contributed by atoms with Gasteiger partial charge in [-0.15, -0.1) is 0 Å². The second-order valence-electron chi connectivity index (χ2n) is 3.73. The molecule has 1 aromatic rings. The first kappa shape index (κ1) is 13.2. The number of amides is 2. The molecule has 0 atom stereocenters. The van der Waals surface area contributed by atoms with Crippen LogP contribution in [0.25, 0.3) is 0 Å². The molecule has 0 unspecified atom stereocenters. The number of carbonyl (C=O) groups excluding carboxylic acids is 2. The van der Waals surface area contributed by atoms with Crippen LogP contribution in [-0.2, 0) is 16.0 Å². The summed E-state index contributed by atoms with van der Waals surface area (Å²) in [5.74, 6) is -0.393. The van der Waals surface area contributed by atoms with E-state index in [1.54, 1.807) is 24.5 Å². The third-order valence-corrected chi connectivity index (χ3v) is 2.21. The summed E-state index contributed by atoms with van der Waals surface area (Å²) in [7, 11) is 0. The van der Waals surface area contributed by atoms with Gasteiger partial charge in [0.15, 0.2) is 0 Å². The van der Waals surface area contributed by atoms with Crippen LogP contribution in [0.4, 0.5) is 0 Å². The molecule has 0 saturated carbocycles. The van der Waals surface area contributed by atoms with E-state index in [0.717, 1.165) is 18.4 Å². The van der Waals surface area contributed by atoms with Crippen LogP contribution in [0.5, 0.6) is 0 Å². The molecular formula is C12H17N3O2. The number of rotatable bonds is 5. The molecule has 1 heterocycles. The molecule has 5 heteroatoms. The van der Waals surface area contributed by atoms with Crippen molar-refractivity contribution in [2.75, 3.05) is 0 Å². The standard InChI is InChI=1S/C12H17N3O2/c1-2-3-4-11(16)14-15-12(17)9-10-5-7-13-8-6-10/h5-8H,2-4,9H2,1H3,(H,14,16)(H,15,17). The predicted octanol–water partition coefficient (Wildman–Crippen LogP) is 0.962. The molecule has 2 N–H and O–H groups in total. The normalized spacial score (nSPS) is 9.71. The van der Waals surface area contributed by atoms with Crippen molar-refractivity contribution in [3.8, 4) is 0 Å². The zero-order chi connectivity index (χ0) is 12.5. The molecule has 1 rings (SSSR count). The minimum atomic E-state index is -0.235. The van der Waals surface area contributed by atoms with Gasteiger partial charge in [0.2, 0.25) is 11.8 Å². The first-order valence-electron chi connectivity index (χ1n) is 5.69. The number of nitrogens with zero attached hydrogens (tertiary/aromatic N) is 1. The Morgan fingerprint density at radius 1 is 1.18 bits per heavy atom. The Morgan fingerprint density at radius 3 is 2.47 bits per heavy atom. The van der Waals surface area contributed by atoms with Crippen molar-refractivity contribution < 1.29 is 9.59 Å². The third kappa shape index (κ3) is 5.65. The van der Waals surface area contributed by atoms with E-state index in [0.29, 0.717) is 6.42 Å². The molecule has 0 aliphatic carbocycles. The van der Waals surface area contributed by atoms with Crippen molar-refractivity contribution in [3.63, 3.8) is 0 Å². The lowest BCUT2D eigenvalue weighted by atomic mass is 10.2. The van der Waals surface area contributed by atoms with Crippen LogP contribution in [0.3, 0.4) is 0 Å². The molecule has 2 amide bonds. The number of aromatic nitrogens is 1. The summed E-state index contributed by atoms with van der Waals surface area (Å²) < 4.78 is 0. The highest BCUT2D eigenvalue weighted by molar-refractivity contribution is 5.83. The summed E-state index contributed by atoms with van der Waals surface area (Å²) >= 11 is 0. The Morgan fingerprint density at radius 2 is 1.82 bits per heavy atom. The summed E-state index contributed by atoms with van der Waals surface area (Å²) in [6, 6.07) is 3.52. The smallest absolute Gasteiger partial charge is 0.242 e. The zero-order valence-corrected chi connectivity index (χ0v) is 9.90. The largest absolute Gasteiger partial charge is 0.273 e. The summed E-state index contributed by atoms with van der Waals surface area (Å²) in [4.78, 5) is 26.5. The lowest BCUT2D eigenvalue weighted by Gasteiger charge is -2.06. The summed E-state index contributed by atoms with van der Waals surface area (Å²) in [5.41, 5.74) is 5.63. The first-order valence-corrected chi connectivity index (χ1v) is 5.69. The van der Waals surface area contributed by atoms with Gasteiger partial charge in [0.1, 0.15) is 0 Å². The Bertz CT molecular complexity index is 365. The Labute approximate surface area is 101 Å². The second-order valence-corrected chi connectivity index (χ2v) is 3.73. The molecule has 92 valence electrons. The number of unbranched alkanes of at least 4 members (excludes halogenated alkanes) is 1. The molecule has 0 aromatic carbocycles. The highest BCUT2D eigenvalue weighted by Gasteiger charge is 2.04. The number of nitrogens with one attached hydrogen (secondary N) is 2. The van der Waals surface area contributed by atoms with Crippen molar-refractivity contribution in [3.05, 3.63) is 30.1 Å². The fourth-order valence-electron chi connectivity index (χ4n) is 1.27. The minimum Gasteiger partial charge on any atom is -0.273 e. The van der Waals surface area contributed by atoms with Crippen LogP contribution < -0.4 is 10.9 Å². The van der Waals surface area contributed by atoms with Crippen molar-refractivity contribution in [2.45, 2.75) is 32.6 Å². The van der Waals surface area contributed by atoms with E-state index in [4.69, 9.17) is 0 Å². The molecule has 0 radical (unpaired) electrons. The van der Waals surface area contributed by atoms with Crippen LogP contribution in [0.15, 0.2) is 24.5 Å². The van der Waals surface area contributed by atoms with Gasteiger partial charge in [0, 0.05) is 18.8 Å². The molecule has 0 saturated heterocycles. The summed E-state index contributed by atoms with van der Waals surface area (Å²) in [6.45, 7) is 2.01. The van der Waals surface area contributed by atoms with E-state index in [1.165, 1.54) is 0 Å². The molecule has 17 heavy (non-hydrogen) atoms. The van der Waals surface area contributed by atoms with Crippen molar-refractivity contribution >= 4 is 11.8 Å². The lowest BCUT2D eigenvalue weighted by molar-refractivity contribution is -0.128. The maximum Gasteiger partial charge on any atom is 0.242 e. The number of pyridine rings is 1. The molecule has 1 aromatic heterocycles. The van der Waals surface area contributed by atoms with Gasteiger partial charge in [-0.2, -0.15) is 0 Å². The number of hydrogen-bond donors (Lipinski definition) is 2. The minimum absolute atomic E-state index is 0.157. The third-order valence-electron chi connectivity index (χ3n) is 2.21. The van der Waals surface area contributed by atoms with Crippen molar-refractivity contribution in [1.82, 2.24) is 15.8 Å². The number of carbonyl (C=O) groups is 2. The van der Waals surface area contributed by atoms with E-state index in [-0.39, 0.29) is 18.2 Å². The molecule has 5 nitrogen and oxygen atoms in total. The molecule has 0 spiro atoms. The SMILES string of the molecule is CCCCC(=O)NNC(=O)Cc1ccncc1. The quantitative estimate of drug-likeness (QED) is 0.747. The lowest BCUT2D eigenvalue weighted by Crippen LogP contribution is -2.42. The van der Waals surface area contributed by atoms with Crippen molar-refractivity contribution in [1.29, 1.82) is 0 Å². The van der Waals surface area contributed by atoms with Crippen LogP contribution in [0.2, 0.25) is 0 Å². The van der Waals surface area contributed by atoms with Crippen LogP contribution >= 0.6 is 0 Å². The second kappa shape index (κ2) is 7.38. The maximum absolute atomic E-state index is 11.4. The van der Waals surface area contributed by atoms with Gasteiger partial charge in [-0.25, -0.2) is 0 Å². The Kier molecular flexibility index (Phi) is 5.71. The van der Waals surface area contributed by atoms with E-state index < -0.39 is 0 Å². The molecular weight excluding hydrogens is 218 g/mol. The topological polar surface area (TPSA) is 71.1 Å². The molecule has 0 aliphatic rings. The fraction of sp³-hybridized carbons (Fsp3) is 0.417. The van der Waals surface area contributed by atoms with E-state index in [9.17, 15) is 9.59 Å². The van der Waals surface area contributed by atoms with E-state index >= 15 is 0 Å². The van der Waals surface area contributed by atoms with Crippen LogP contribution in [0.1, 0.15) is 31.7 Å². The average Bonchev–Trinajstić information content (AvgIpc) is 2.35. The summed E-state index contributed by atoms with van der Waals surface area (Å²) in [5, 5.41) is 0. The summed E-state index contributed by atoms with van der Waals surface area (Å²) in [6.07, 6.45) is 5.71. The zero-order valence-electron chi connectivity index (χ0n) is 9.90. The van der Waals surface area contributed by atoms with E-state index in [1.807, 2.05) is 6.92 Å². The van der Waals surface area contributed by atoms with Crippen LogP contribution in [0, 0.1) is 0 Å².